The van der Waals surface area contributed by atoms with Crippen molar-refractivity contribution < 1.29 is 0 Å². The van der Waals surface area contributed by atoms with Crippen molar-refractivity contribution in [1.82, 2.24) is 24.6 Å². The van der Waals surface area contributed by atoms with Crippen molar-refractivity contribution in [3.8, 4) is 11.4 Å². The first-order valence-corrected chi connectivity index (χ1v) is 10.4. The van der Waals surface area contributed by atoms with Gasteiger partial charge in [0, 0.05) is 42.2 Å². The summed E-state index contributed by atoms with van der Waals surface area (Å²) in [7, 11) is 0. The number of hydrogen-bond donors (Lipinski definition) is 0. The van der Waals surface area contributed by atoms with Crippen LogP contribution in [0.2, 0.25) is 0 Å². The van der Waals surface area contributed by atoms with Gasteiger partial charge in [-0.3, -0.25) is 4.68 Å². The lowest BCUT2D eigenvalue weighted by molar-refractivity contribution is 0.137. The van der Waals surface area contributed by atoms with Crippen molar-refractivity contribution >= 4 is 0 Å². The van der Waals surface area contributed by atoms with E-state index in [1.54, 1.807) is 0 Å². The molecule has 5 heteroatoms. The van der Waals surface area contributed by atoms with Gasteiger partial charge in [0.15, 0.2) is 5.82 Å². The Morgan fingerprint density at radius 1 is 1.07 bits per heavy atom. The highest BCUT2D eigenvalue weighted by Crippen LogP contribution is 2.44. The summed E-state index contributed by atoms with van der Waals surface area (Å²) in [5.41, 5.74) is 5.19. The van der Waals surface area contributed by atoms with Crippen molar-refractivity contribution in [2.75, 3.05) is 19.6 Å². The third kappa shape index (κ3) is 3.14. The Kier molecular flexibility index (Phi) is 4.47. The molecular formula is C23H27N5. The second-order valence-electron chi connectivity index (χ2n) is 8.29. The molecule has 1 unspecified atom stereocenters. The number of fused-ring (bicyclic) bond motifs is 2. The summed E-state index contributed by atoms with van der Waals surface area (Å²) in [6.07, 6.45) is 8.75. The molecular weight excluding hydrogens is 346 g/mol. The van der Waals surface area contributed by atoms with Gasteiger partial charge in [0.2, 0.25) is 0 Å². The van der Waals surface area contributed by atoms with E-state index >= 15 is 0 Å². The number of aromatic nitrogens is 4. The van der Waals surface area contributed by atoms with Gasteiger partial charge in [0.05, 0.1) is 12.2 Å². The highest BCUT2D eigenvalue weighted by molar-refractivity contribution is 5.55. The number of aryl methyl sites for hydroxylation is 2. The number of nitrogens with zero attached hydrogens (tertiary/aromatic N) is 5. The first kappa shape index (κ1) is 17.6. The monoisotopic (exact) mass is 373 g/mol. The third-order valence-electron chi connectivity index (χ3n) is 6.48. The topological polar surface area (TPSA) is 46.8 Å². The quantitative estimate of drug-likeness (QED) is 0.701. The highest BCUT2D eigenvalue weighted by atomic mass is 15.3. The summed E-state index contributed by atoms with van der Waals surface area (Å²) in [4.78, 5) is 12.4. The van der Waals surface area contributed by atoms with Crippen LogP contribution in [0, 0.1) is 6.92 Å². The lowest BCUT2D eigenvalue weighted by Crippen LogP contribution is -2.46. The van der Waals surface area contributed by atoms with Crippen molar-refractivity contribution in [1.29, 1.82) is 0 Å². The molecule has 1 saturated heterocycles. The van der Waals surface area contributed by atoms with Crippen LogP contribution >= 0.6 is 0 Å². The zero-order valence-electron chi connectivity index (χ0n) is 16.5. The Bertz CT molecular complexity index is 960. The van der Waals surface area contributed by atoms with Gasteiger partial charge in [-0.2, -0.15) is 5.10 Å². The van der Waals surface area contributed by atoms with Crippen LogP contribution in [0.15, 0.2) is 48.8 Å². The van der Waals surface area contributed by atoms with Gasteiger partial charge in [-0.1, -0.05) is 30.3 Å². The first-order chi connectivity index (χ1) is 13.7. The average Bonchev–Trinajstić information content (AvgIpc) is 3.31. The molecule has 1 aromatic carbocycles. The van der Waals surface area contributed by atoms with E-state index in [-0.39, 0.29) is 5.41 Å². The molecule has 1 aliphatic carbocycles. The fourth-order valence-electron chi connectivity index (χ4n) is 4.95. The summed E-state index contributed by atoms with van der Waals surface area (Å²) in [5.74, 6) is 0.866. The Labute approximate surface area is 166 Å². The predicted octanol–water partition coefficient (Wildman–Crippen LogP) is 3.63. The maximum absolute atomic E-state index is 5.10. The Morgan fingerprint density at radius 3 is 2.79 bits per heavy atom. The van der Waals surface area contributed by atoms with Crippen molar-refractivity contribution in [3.05, 3.63) is 65.7 Å². The van der Waals surface area contributed by atoms with E-state index in [9.17, 15) is 0 Å². The van der Waals surface area contributed by atoms with Crippen LogP contribution < -0.4 is 0 Å². The molecule has 5 nitrogen and oxygen atoms in total. The summed E-state index contributed by atoms with van der Waals surface area (Å²) in [5, 5.41) is 4.44. The summed E-state index contributed by atoms with van der Waals surface area (Å²) in [6.45, 7) is 6.41. The van der Waals surface area contributed by atoms with Gasteiger partial charge >= 0.3 is 0 Å². The standard InChI is InChI=1S/C23H27N5/c1-18-9-12-25-28(18)15-14-27-13-5-10-23(17-27)11-8-20-16-24-22(26-21(20)23)19-6-3-2-4-7-19/h2-4,6-7,9,12,16H,5,8,10-11,13-15,17H2,1H3. The third-order valence-corrected chi connectivity index (χ3v) is 6.48. The number of rotatable bonds is 4. The highest BCUT2D eigenvalue weighted by Gasteiger charge is 2.43. The average molecular weight is 374 g/mol. The minimum Gasteiger partial charge on any atom is -0.301 e. The van der Waals surface area contributed by atoms with E-state index in [1.165, 1.54) is 42.8 Å². The lowest BCUT2D eigenvalue weighted by atomic mass is 9.77. The molecule has 1 atom stereocenters. The van der Waals surface area contributed by atoms with Gasteiger partial charge in [-0.05, 0) is 50.8 Å². The summed E-state index contributed by atoms with van der Waals surface area (Å²) < 4.78 is 2.11. The van der Waals surface area contributed by atoms with Gasteiger partial charge < -0.3 is 4.90 Å². The van der Waals surface area contributed by atoms with E-state index in [0.29, 0.717) is 0 Å². The molecule has 2 aliphatic rings. The molecule has 28 heavy (non-hydrogen) atoms. The predicted molar refractivity (Wildman–Crippen MR) is 110 cm³/mol. The van der Waals surface area contributed by atoms with Crippen LogP contribution in [-0.2, 0) is 18.4 Å². The molecule has 1 aliphatic heterocycles. The van der Waals surface area contributed by atoms with Crippen molar-refractivity contribution in [2.24, 2.45) is 0 Å². The van der Waals surface area contributed by atoms with Gasteiger partial charge in [-0.25, -0.2) is 9.97 Å². The van der Waals surface area contributed by atoms with E-state index in [1.807, 2.05) is 12.3 Å². The van der Waals surface area contributed by atoms with Crippen LogP contribution in [0.4, 0.5) is 0 Å². The molecule has 3 aromatic rings. The molecule has 5 rings (SSSR count). The van der Waals surface area contributed by atoms with Crippen molar-refractivity contribution in [2.45, 2.75) is 44.6 Å². The number of benzene rings is 1. The zero-order valence-corrected chi connectivity index (χ0v) is 16.5. The smallest absolute Gasteiger partial charge is 0.159 e. The maximum Gasteiger partial charge on any atom is 0.159 e. The van der Waals surface area contributed by atoms with Crippen LogP contribution in [0.25, 0.3) is 11.4 Å². The maximum atomic E-state index is 5.10. The molecule has 0 N–H and O–H groups in total. The summed E-state index contributed by atoms with van der Waals surface area (Å²) >= 11 is 0. The van der Waals surface area contributed by atoms with Crippen LogP contribution in [0.3, 0.4) is 0 Å². The molecule has 0 amide bonds. The van der Waals surface area contributed by atoms with E-state index in [0.717, 1.165) is 37.4 Å². The second-order valence-corrected chi connectivity index (χ2v) is 8.29. The van der Waals surface area contributed by atoms with Gasteiger partial charge in [0.25, 0.3) is 0 Å². The van der Waals surface area contributed by atoms with Gasteiger partial charge in [0.1, 0.15) is 0 Å². The molecule has 1 spiro atoms. The zero-order chi connectivity index (χ0) is 19.0. The largest absolute Gasteiger partial charge is 0.301 e. The fourth-order valence-corrected chi connectivity index (χ4v) is 4.95. The number of hydrogen-bond acceptors (Lipinski definition) is 4. The van der Waals surface area contributed by atoms with Gasteiger partial charge in [-0.15, -0.1) is 0 Å². The molecule has 0 radical (unpaired) electrons. The molecule has 3 heterocycles. The van der Waals surface area contributed by atoms with Crippen LogP contribution in [0.1, 0.15) is 36.2 Å². The second kappa shape index (κ2) is 7.13. The Hall–Kier alpha value is -2.53. The molecule has 0 saturated carbocycles. The summed E-state index contributed by atoms with van der Waals surface area (Å²) in [6, 6.07) is 12.4. The van der Waals surface area contributed by atoms with E-state index in [4.69, 9.17) is 4.98 Å². The molecule has 0 bridgehead atoms. The van der Waals surface area contributed by atoms with Crippen LogP contribution in [0.5, 0.6) is 0 Å². The normalized spacial score (nSPS) is 21.9. The van der Waals surface area contributed by atoms with Crippen molar-refractivity contribution in [3.63, 3.8) is 0 Å². The SMILES string of the molecule is Cc1ccnn1CCN1CCCC2(CCc3cnc(-c4ccccc4)nc32)C1. The molecule has 2 aromatic heterocycles. The first-order valence-electron chi connectivity index (χ1n) is 10.4. The van der Waals surface area contributed by atoms with E-state index < -0.39 is 0 Å². The molecule has 144 valence electrons. The molecule has 1 fully saturated rings. The minimum absolute atomic E-state index is 0.194. The number of piperidine rings is 1. The number of likely N-dealkylation sites (tertiary alicyclic amines) is 1. The lowest BCUT2D eigenvalue weighted by Gasteiger charge is -2.40. The minimum atomic E-state index is 0.194. The van der Waals surface area contributed by atoms with E-state index in [2.05, 4.69) is 63.1 Å². The Balaban J connectivity index is 1.38. The van der Waals surface area contributed by atoms with Crippen LogP contribution in [-0.4, -0.2) is 44.3 Å². The fraction of sp³-hybridized carbons (Fsp3) is 0.435. The Morgan fingerprint density at radius 2 is 1.96 bits per heavy atom.